The van der Waals surface area contributed by atoms with Gasteiger partial charge in [-0.05, 0) is 30.9 Å². The van der Waals surface area contributed by atoms with Crippen molar-refractivity contribution in [2.45, 2.75) is 19.4 Å². The second-order valence-corrected chi connectivity index (χ2v) is 6.76. The molecule has 0 amide bonds. The van der Waals surface area contributed by atoms with E-state index in [-0.39, 0.29) is 5.56 Å². The summed E-state index contributed by atoms with van der Waals surface area (Å²) in [6.45, 7) is 2.61. The predicted molar refractivity (Wildman–Crippen MR) is 96.6 cm³/mol. The first-order valence-electron chi connectivity index (χ1n) is 8.29. The van der Waals surface area contributed by atoms with Gasteiger partial charge in [-0.25, -0.2) is 4.98 Å². The van der Waals surface area contributed by atoms with Gasteiger partial charge in [0.05, 0.1) is 29.9 Å². The van der Waals surface area contributed by atoms with Gasteiger partial charge in [0.1, 0.15) is 0 Å². The van der Waals surface area contributed by atoms with Gasteiger partial charge in [0.2, 0.25) is 0 Å². The number of nitrogens with zero attached hydrogens (tertiary/aromatic N) is 6. The first-order valence-corrected chi connectivity index (χ1v) is 9.02. The number of aromatic nitrogens is 5. The van der Waals surface area contributed by atoms with Crippen LogP contribution in [-0.2, 0) is 6.54 Å². The van der Waals surface area contributed by atoms with Crippen molar-refractivity contribution in [2.24, 2.45) is 5.92 Å². The molecule has 0 saturated carbocycles. The van der Waals surface area contributed by atoms with Crippen molar-refractivity contribution < 1.29 is 0 Å². The Morgan fingerprint density at radius 2 is 2.12 bits per heavy atom. The van der Waals surface area contributed by atoms with Crippen molar-refractivity contribution >= 4 is 17.5 Å². The minimum atomic E-state index is -0.0139. The van der Waals surface area contributed by atoms with Gasteiger partial charge in [0.25, 0.3) is 5.56 Å². The number of rotatable bonds is 4. The molecule has 3 aromatic heterocycles. The van der Waals surface area contributed by atoms with E-state index in [0.717, 1.165) is 37.3 Å². The van der Waals surface area contributed by atoms with Crippen molar-refractivity contribution in [3.05, 3.63) is 53.5 Å². The topological polar surface area (TPSA) is 76.8 Å². The van der Waals surface area contributed by atoms with E-state index in [4.69, 9.17) is 0 Å². The quantitative estimate of drug-likeness (QED) is 0.714. The zero-order valence-corrected chi connectivity index (χ0v) is 14.5. The summed E-state index contributed by atoms with van der Waals surface area (Å²) >= 11 is 1.24. The number of hydrogen-bond donors (Lipinski definition) is 0. The Morgan fingerprint density at radius 1 is 1.24 bits per heavy atom. The molecular formula is C17H18N6OS. The van der Waals surface area contributed by atoms with Crippen LogP contribution in [0.15, 0.2) is 47.9 Å². The van der Waals surface area contributed by atoms with E-state index < -0.39 is 0 Å². The molecule has 25 heavy (non-hydrogen) atoms. The maximum Gasteiger partial charge on any atom is 0.253 e. The van der Waals surface area contributed by atoms with E-state index in [1.807, 2.05) is 18.3 Å². The maximum absolute atomic E-state index is 12.4. The van der Waals surface area contributed by atoms with E-state index in [9.17, 15) is 4.79 Å². The summed E-state index contributed by atoms with van der Waals surface area (Å²) in [6, 6.07) is 5.34. The Bertz CT molecular complexity index is 872. The Hall–Kier alpha value is -2.61. The van der Waals surface area contributed by atoms with E-state index >= 15 is 0 Å². The summed E-state index contributed by atoms with van der Waals surface area (Å²) in [5.74, 6) is 1.44. The largest absolute Gasteiger partial charge is 0.354 e. The molecule has 0 spiro atoms. The van der Waals surface area contributed by atoms with Crippen LogP contribution in [0.25, 0.3) is 11.3 Å². The van der Waals surface area contributed by atoms with Crippen LogP contribution in [0.5, 0.6) is 0 Å². The number of piperidine rings is 1. The fourth-order valence-electron chi connectivity index (χ4n) is 3.16. The lowest BCUT2D eigenvalue weighted by atomic mass is 9.97. The second kappa shape index (κ2) is 7.10. The lowest BCUT2D eigenvalue weighted by molar-refractivity contribution is 0.350. The third-order valence-electron chi connectivity index (χ3n) is 4.58. The zero-order valence-electron chi connectivity index (χ0n) is 13.7. The highest BCUT2D eigenvalue weighted by molar-refractivity contribution is 6.99. The van der Waals surface area contributed by atoms with Gasteiger partial charge in [-0.1, -0.05) is 0 Å². The molecule has 0 atom stereocenters. The molecule has 128 valence electrons. The molecule has 7 nitrogen and oxygen atoms in total. The molecule has 1 fully saturated rings. The molecule has 0 N–H and O–H groups in total. The molecule has 0 radical (unpaired) electrons. The van der Waals surface area contributed by atoms with Crippen LogP contribution in [-0.4, -0.2) is 36.4 Å². The molecule has 0 unspecified atom stereocenters. The number of anilines is 1. The molecule has 4 heterocycles. The van der Waals surface area contributed by atoms with Crippen molar-refractivity contribution in [1.82, 2.24) is 23.3 Å². The van der Waals surface area contributed by atoms with Gasteiger partial charge >= 0.3 is 0 Å². The van der Waals surface area contributed by atoms with E-state index in [2.05, 4.69) is 23.6 Å². The van der Waals surface area contributed by atoms with Crippen molar-refractivity contribution in [1.29, 1.82) is 0 Å². The van der Waals surface area contributed by atoms with Crippen LogP contribution in [0, 0.1) is 5.92 Å². The van der Waals surface area contributed by atoms with Gasteiger partial charge in [-0.15, -0.1) is 0 Å². The summed E-state index contributed by atoms with van der Waals surface area (Å²) < 4.78 is 10.1. The van der Waals surface area contributed by atoms with E-state index in [0.29, 0.717) is 18.2 Å². The Labute approximate surface area is 149 Å². The molecule has 1 aliphatic rings. The predicted octanol–water partition coefficient (Wildman–Crippen LogP) is 2.07. The lowest BCUT2D eigenvalue weighted by Crippen LogP contribution is -2.36. The highest BCUT2D eigenvalue weighted by atomic mass is 32.1. The molecule has 8 heteroatoms. The number of hydrogen-bond acceptors (Lipinski definition) is 7. The summed E-state index contributed by atoms with van der Waals surface area (Å²) in [4.78, 5) is 23.2. The zero-order chi connectivity index (χ0) is 17.1. The monoisotopic (exact) mass is 354 g/mol. The average molecular weight is 354 g/mol. The summed E-state index contributed by atoms with van der Waals surface area (Å²) in [5, 5.41) is 0. The van der Waals surface area contributed by atoms with Crippen LogP contribution in [0.1, 0.15) is 12.8 Å². The molecule has 0 bridgehead atoms. The van der Waals surface area contributed by atoms with Crippen LogP contribution >= 0.6 is 11.7 Å². The van der Waals surface area contributed by atoms with Gasteiger partial charge in [0, 0.05) is 43.7 Å². The molecule has 4 rings (SSSR count). The molecule has 1 saturated heterocycles. The van der Waals surface area contributed by atoms with Crippen LogP contribution < -0.4 is 10.5 Å². The van der Waals surface area contributed by atoms with Crippen molar-refractivity contribution in [3.63, 3.8) is 0 Å². The van der Waals surface area contributed by atoms with Crippen LogP contribution in [0.2, 0.25) is 0 Å². The fourth-order valence-corrected chi connectivity index (χ4v) is 3.59. The number of pyridine rings is 1. The third-order valence-corrected chi connectivity index (χ3v) is 5.05. The SMILES string of the molecule is O=c1cc(-c2cccnc2)ncn1CC1CCN(c2cnsn2)CC1. The average Bonchev–Trinajstić information content (AvgIpc) is 3.19. The lowest BCUT2D eigenvalue weighted by Gasteiger charge is -2.31. The standard InChI is InChI=1S/C17H18N6OS/c24-17-8-15(14-2-1-5-18-9-14)19-12-23(17)11-13-3-6-22(7-4-13)16-10-20-25-21-16/h1-2,5,8-10,12-13H,3-4,6-7,11H2. The van der Waals surface area contributed by atoms with E-state index in [1.54, 1.807) is 29.4 Å². The normalized spacial score (nSPS) is 15.4. The Kier molecular flexibility index (Phi) is 4.51. The van der Waals surface area contributed by atoms with Crippen molar-refractivity contribution in [2.75, 3.05) is 18.0 Å². The Balaban J connectivity index is 1.41. The molecule has 0 aromatic carbocycles. The van der Waals surface area contributed by atoms with Crippen LogP contribution in [0.4, 0.5) is 5.82 Å². The van der Waals surface area contributed by atoms with E-state index in [1.165, 1.54) is 11.7 Å². The van der Waals surface area contributed by atoms with Gasteiger partial charge < -0.3 is 4.90 Å². The maximum atomic E-state index is 12.4. The minimum Gasteiger partial charge on any atom is -0.354 e. The second-order valence-electron chi connectivity index (χ2n) is 6.20. The highest BCUT2D eigenvalue weighted by Gasteiger charge is 2.21. The van der Waals surface area contributed by atoms with Gasteiger partial charge in [-0.3, -0.25) is 14.3 Å². The third kappa shape index (κ3) is 3.58. The van der Waals surface area contributed by atoms with Gasteiger partial charge in [-0.2, -0.15) is 8.75 Å². The smallest absolute Gasteiger partial charge is 0.253 e. The Morgan fingerprint density at radius 3 is 2.80 bits per heavy atom. The van der Waals surface area contributed by atoms with Crippen molar-refractivity contribution in [3.8, 4) is 11.3 Å². The first-order chi connectivity index (χ1) is 12.3. The minimum absolute atomic E-state index is 0.0139. The molecule has 1 aliphatic heterocycles. The molecule has 3 aromatic rings. The highest BCUT2D eigenvalue weighted by Crippen LogP contribution is 2.23. The molecule has 0 aliphatic carbocycles. The first kappa shape index (κ1) is 15.9. The summed E-state index contributed by atoms with van der Waals surface area (Å²) in [5.41, 5.74) is 1.51. The van der Waals surface area contributed by atoms with Crippen LogP contribution in [0.3, 0.4) is 0 Å². The van der Waals surface area contributed by atoms with Gasteiger partial charge in [0.15, 0.2) is 5.82 Å². The summed E-state index contributed by atoms with van der Waals surface area (Å²) in [6.07, 6.45) is 8.97. The molecular weight excluding hydrogens is 336 g/mol. The fraction of sp³-hybridized carbons (Fsp3) is 0.353. The summed E-state index contributed by atoms with van der Waals surface area (Å²) in [7, 11) is 0.